The van der Waals surface area contributed by atoms with Crippen LogP contribution in [0, 0.1) is 0 Å². The standard InChI is InChI=1S/C20H17NO2S/c1-2-13-7-9-15(10-8-13)21-20(22)18-11-14-12-23-17-6-4-3-5-16(17)19(14)24-18/h3-11H,2,12H2,1H3,(H,21,22). The zero-order chi connectivity index (χ0) is 16.5. The largest absolute Gasteiger partial charge is 0.488 e. The van der Waals surface area contributed by atoms with E-state index in [1.807, 2.05) is 54.6 Å². The zero-order valence-corrected chi connectivity index (χ0v) is 14.2. The lowest BCUT2D eigenvalue weighted by molar-refractivity contribution is 0.103. The van der Waals surface area contributed by atoms with Gasteiger partial charge in [-0.15, -0.1) is 11.3 Å². The van der Waals surface area contributed by atoms with Crippen molar-refractivity contribution in [2.45, 2.75) is 20.0 Å². The van der Waals surface area contributed by atoms with Crippen LogP contribution in [0.2, 0.25) is 0 Å². The van der Waals surface area contributed by atoms with Crippen LogP contribution in [0.5, 0.6) is 5.75 Å². The van der Waals surface area contributed by atoms with Gasteiger partial charge in [-0.3, -0.25) is 4.79 Å². The second-order valence-corrected chi connectivity index (χ2v) is 6.81. The number of anilines is 1. The number of rotatable bonds is 3. The minimum atomic E-state index is -0.0730. The third-order valence-electron chi connectivity index (χ3n) is 4.17. The number of thiophene rings is 1. The summed E-state index contributed by atoms with van der Waals surface area (Å²) in [6.45, 7) is 2.63. The van der Waals surface area contributed by atoms with Gasteiger partial charge in [-0.25, -0.2) is 0 Å². The van der Waals surface area contributed by atoms with E-state index in [0.29, 0.717) is 11.5 Å². The zero-order valence-electron chi connectivity index (χ0n) is 13.3. The van der Waals surface area contributed by atoms with Crippen molar-refractivity contribution in [2.75, 3.05) is 5.32 Å². The average molecular weight is 335 g/mol. The molecule has 4 rings (SSSR count). The highest BCUT2D eigenvalue weighted by Crippen LogP contribution is 2.42. The van der Waals surface area contributed by atoms with Crippen molar-refractivity contribution in [3.63, 3.8) is 0 Å². The monoisotopic (exact) mass is 335 g/mol. The van der Waals surface area contributed by atoms with Crippen molar-refractivity contribution in [1.82, 2.24) is 0 Å². The Balaban J connectivity index is 1.59. The normalized spacial score (nSPS) is 12.0. The second kappa shape index (κ2) is 6.13. The summed E-state index contributed by atoms with van der Waals surface area (Å²) in [7, 11) is 0. The van der Waals surface area contributed by atoms with Gasteiger partial charge in [0.15, 0.2) is 0 Å². The maximum atomic E-state index is 12.6. The molecule has 0 radical (unpaired) electrons. The molecule has 2 heterocycles. The molecule has 2 aromatic carbocycles. The molecule has 0 aliphatic carbocycles. The number of ether oxygens (including phenoxy) is 1. The number of fused-ring (bicyclic) bond motifs is 3. The summed E-state index contributed by atoms with van der Waals surface area (Å²) >= 11 is 1.52. The second-order valence-electron chi connectivity index (χ2n) is 5.75. The summed E-state index contributed by atoms with van der Waals surface area (Å²) in [5.41, 5.74) is 4.22. The molecule has 3 aromatic rings. The molecular formula is C20H17NO2S. The molecule has 4 heteroatoms. The van der Waals surface area contributed by atoms with Crippen LogP contribution in [-0.4, -0.2) is 5.91 Å². The summed E-state index contributed by atoms with van der Waals surface area (Å²) in [4.78, 5) is 14.4. The lowest BCUT2D eigenvalue weighted by atomic mass is 10.1. The van der Waals surface area contributed by atoms with E-state index in [1.54, 1.807) is 0 Å². The molecule has 1 aromatic heterocycles. The maximum Gasteiger partial charge on any atom is 0.265 e. The van der Waals surface area contributed by atoms with Crippen LogP contribution in [0.4, 0.5) is 5.69 Å². The molecule has 0 spiro atoms. The van der Waals surface area contributed by atoms with Gasteiger partial charge in [0.2, 0.25) is 0 Å². The minimum absolute atomic E-state index is 0.0730. The van der Waals surface area contributed by atoms with Crippen LogP contribution in [0.25, 0.3) is 10.4 Å². The predicted octanol–water partition coefficient (Wildman–Crippen LogP) is 5.12. The molecule has 1 aliphatic heterocycles. The molecule has 24 heavy (non-hydrogen) atoms. The molecule has 1 aliphatic rings. The number of carbonyl (C=O) groups excluding carboxylic acids is 1. The van der Waals surface area contributed by atoms with E-state index in [1.165, 1.54) is 16.9 Å². The first-order chi connectivity index (χ1) is 11.7. The Morgan fingerprint density at radius 3 is 2.75 bits per heavy atom. The molecule has 1 N–H and O–H groups in total. The van der Waals surface area contributed by atoms with Crippen molar-refractivity contribution in [3.8, 4) is 16.2 Å². The van der Waals surface area contributed by atoms with Gasteiger partial charge < -0.3 is 10.1 Å². The lowest BCUT2D eigenvalue weighted by Gasteiger charge is -2.16. The third kappa shape index (κ3) is 2.69. The van der Waals surface area contributed by atoms with Crippen molar-refractivity contribution in [3.05, 3.63) is 70.6 Å². The Bertz CT molecular complexity index is 896. The predicted molar refractivity (Wildman–Crippen MR) is 97.9 cm³/mol. The Morgan fingerprint density at radius 2 is 1.96 bits per heavy atom. The SMILES string of the molecule is CCc1ccc(NC(=O)c2cc3c(s2)-c2ccccc2OC3)cc1. The molecule has 3 nitrogen and oxygen atoms in total. The molecule has 0 bridgehead atoms. The fourth-order valence-electron chi connectivity index (χ4n) is 2.83. The molecule has 0 saturated heterocycles. The highest BCUT2D eigenvalue weighted by Gasteiger charge is 2.22. The summed E-state index contributed by atoms with van der Waals surface area (Å²) < 4.78 is 5.76. The molecular weight excluding hydrogens is 318 g/mol. The van der Waals surface area contributed by atoms with Gasteiger partial charge in [-0.1, -0.05) is 31.2 Å². The van der Waals surface area contributed by atoms with Crippen molar-refractivity contribution in [1.29, 1.82) is 0 Å². The number of hydrogen-bond acceptors (Lipinski definition) is 3. The van der Waals surface area contributed by atoms with E-state index in [0.717, 1.165) is 33.9 Å². The summed E-state index contributed by atoms with van der Waals surface area (Å²) in [6.07, 6.45) is 0.991. The van der Waals surface area contributed by atoms with Gasteiger partial charge in [0, 0.05) is 21.7 Å². The Kier molecular flexibility index (Phi) is 3.82. The number of para-hydroxylation sites is 1. The number of nitrogens with one attached hydrogen (secondary N) is 1. The lowest BCUT2D eigenvalue weighted by Crippen LogP contribution is -2.10. The molecule has 0 saturated carbocycles. The van der Waals surface area contributed by atoms with Gasteiger partial charge in [0.05, 0.1) is 4.88 Å². The first kappa shape index (κ1) is 15.0. The number of amides is 1. The summed E-state index contributed by atoms with van der Waals surface area (Å²) in [5.74, 6) is 0.810. The Hall–Kier alpha value is -2.59. The van der Waals surface area contributed by atoms with Crippen LogP contribution >= 0.6 is 11.3 Å². The van der Waals surface area contributed by atoms with Gasteiger partial charge in [0.1, 0.15) is 12.4 Å². The fraction of sp³-hybridized carbons (Fsp3) is 0.150. The molecule has 0 unspecified atom stereocenters. The highest BCUT2D eigenvalue weighted by atomic mass is 32.1. The van der Waals surface area contributed by atoms with E-state index < -0.39 is 0 Å². The number of hydrogen-bond donors (Lipinski definition) is 1. The van der Waals surface area contributed by atoms with E-state index in [4.69, 9.17) is 4.74 Å². The van der Waals surface area contributed by atoms with Crippen molar-refractivity contribution < 1.29 is 9.53 Å². The Morgan fingerprint density at radius 1 is 1.17 bits per heavy atom. The number of carbonyl (C=O) groups is 1. The quantitative estimate of drug-likeness (QED) is 0.721. The minimum Gasteiger partial charge on any atom is -0.488 e. The summed E-state index contributed by atoms with van der Waals surface area (Å²) in [6, 6.07) is 17.9. The van der Waals surface area contributed by atoms with Crippen LogP contribution < -0.4 is 10.1 Å². The molecule has 0 atom stereocenters. The van der Waals surface area contributed by atoms with E-state index >= 15 is 0 Å². The number of benzene rings is 2. The van der Waals surface area contributed by atoms with Crippen LogP contribution in [0.1, 0.15) is 27.7 Å². The Labute approximate surface area is 144 Å². The van der Waals surface area contributed by atoms with E-state index in [9.17, 15) is 4.79 Å². The molecule has 120 valence electrons. The fourth-order valence-corrected chi connectivity index (χ4v) is 3.92. The smallest absolute Gasteiger partial charge is 0.265 e. The first-order valence-corrected chi connectivity index (χ1v) is 8.81. The third-order valence-corrected chi connectivity index (χ3v) is 5.38. The maximum absolute atomic E-state index is 12.6. The highest BCUT2D eigenvalue weighted by molar-refractivity contribution is 7.17. The van der Waals surface area contributed by atoms with Gasteiger partial charge in [0.25, 0.3) is 5.91 Å². The summed E-state index contributed by atoms with van der Waals surface area (Å²) in [5, 5.41) is 2.97. The van der Waals surface area contributed by atoms with Crippen LogP contribution in [0.3, 0.4) is 0 Å². The average Bonchev–Trinajstić information content (AvgIpc) is 3.07. The van der Waals surface area contributed by atoms with E-state index in [2.05, 4.69) is 12.2 Å². The van der Waals surface area contributed by atoms with Gasteiger partial charge >= 0.3 is 0 Å². The topological polar surface area (TPSA) is 38.3 Å². The van der Waals surface area contributed by atoms with E-state index in [-0.39, 0.29) is 5.91 Å². The van der Waals surface area contributed by atoms with Gasteiger partial charge in [-0.2, -0.15) is 0 Å². The molecule has 1 amide bonds. The van der Waals surface area contributed by atoms with Gasteiger partial charge in [-0.05, 0) is 42.3 Å². The van der Waals surface area contributed by atoms with Crippen LogP contribution in [0.15, 0.2) is 54.6 Å². The van der Waals surface area contributed by atoms with Crippen LogP contribution in [-0.2, 0) is 13.0 Å². The van der Waals surface area contributed by atoms with Crippen molar-refractivity contribution in [2.24, 2.45) is 0 Å². The molecule has 0 fully saturated rings. The van der Waals surface area contributed by atoms with Crippen molar-refractivity contribution >= 4 is 22.9 Å². The number of aryl methyl sites for hydroxylation is 1. The first-order valence-electron chi connectivity index (χ1n) is 8.00.